The van der Waals surface area contributed by atoms with Crippen molar-refractivity contribution in [2.75, 3.05) is 18.6 Å². The van der Waals surface area contributed by atoms with Gasteiger partial charge in [-0.1, -0.05) is 18.2 Å². The zero-order chi connectivity index (χ0) is 13.3. The summed E-state index contributed by atoms with van der Waals surface area (Å²) >= 11 is 3.65. The topological polar surface area (TPSA) is 25.2 Å². The SMILES string of the molecule is CSCc1ccc(CNCCSc2ccccc2)o1. The van der Waals surface area contributed by atoms with E-state index in [4.69, 9.17) is 4.42 Å². The molecule has 0 atom stereocenters. The van der Waals surface area contributed by atoms with E-state index in [-0.39, 0.29) is 0 Å². The molecule has 0 saturated carbocycles. The highest BCUT2D eigenvalue weighted by molar-refractivity contribution is 7.99. The molecule has 102 valence electrons. The largest absolute Gasteiger partial charge is 0.464 e. The number of thioether (sulfide) groups is 2. The third kappa shape index (κ3) is 5.35. The van der Waals surface area contributed by atoms with Crippen LogP contribution >= 0.6 is 23.5 Å². The van der Waals surface area contributed by atoms with Crippen LogP contribution in [0.4, 0.5) is 0 Å². The molecule has 0 spiro atoms. The second-order valence-electron chi connectivity index (χ2n) is 4.14. The van der Waals surface area contributed by atoms with E-state index < -0.39 is 0 Å². The zero-order valence-electron chi connectivity index (χ0n) is 11.1. The number of hydrogen-bond donors (Lipinski definition) is 1. The third-order valence-electron chi connectivity index (χ3n) is 2.59. The lowest BCUT2D eigenvalue weighted by Gasteiger charge is -2.03. The number of hydrogen-bond acceptors (Lipinski definition) is 4. The summed E-state index contributed by atoms with van der Waals surface area (Å²) in [5, 5.41) is 3.41. The molecule has 2 aromatic rings. The maximum absolute atomic E-state index is 5.70. The molecule has 2 rings (SSSR count). The van der Waals surface area contributed by atoms with Gasteiger partial charge in [0, 0.05) is 17.2 Å². The monoisotopic (exact) mass is 293 g/mol. The van der Waals surface area contributed by atoms with Crippen molar-refractivity contribution in [1.29, 1.82) is 0 Å². The van der Waals surface area contributed by atoms with Crippen LogP contribution in [0, 0.1) is 0 Å². The van der Waals surface area contributed by atoms with E-state index in [9.17, 15) is 0 Å². The lowest BCUT2D eigenvalue weighted by atomic mass is 10.4. The van der Waals surface area contributed by atoms with Crippen molar-refractivity contribution in [3.63, 3.8) is 0 Å². The van der Waals surface area contributed by atoms with Crippen LogP contribution in [0.5, 0.6) is 0 Å². The fourth-order valence-corrected chi connectivity index (χ4v) is 2.98. The summed E-state index contributed by atoms with van der Waals surface area (Å²) in [5.41, 5.74) is 0. The van der Waals surface area contributed by atoms with Crippen LogP contribution in [0.25, 0.3) is 0 Å². The lowest BCUT2D eigenvalue weighted by molar-refractivity contribution is 0.463. The second kappa shape index (κ2) is 8.35. The van der Waals surface area contributed by atoms with Crippen molar-refractivity contribution < 1.29 is 4.42 Å². The second-order valence-corrected chi connectivity index (χ2v) is 6.17. The van der Waals surface area contributed by atoms with Crippen molar-refractivity contribution in [2.45, 2.75) is 17.2 Å². The van der Waals surface area contributed by atoms with E-state index in [1.54, 1.807) is 11.8 Å². The Morgan fingerprint density at radius 3 is 2.63 bits per heavy atom. The highest BCUT2D eigenvalue weighted by atomic mass is 32.2. The molecular weight excluding hydrogens is 274 g/mol. The summed E-state index contributed by atoms with van der Waals surface area (Å²) in [4.78, 5) is 1.32. The fourth-order valence-electron chi connectivity index (χ4n) is 1.71. The number of nitrogens with one attached hydrogen (secondary N) is 1. The van der Waals surface area contributed by atoms with Crippen molar-refractivity contribution >= 4 is 23.5 Å². The summed E-state index contributed by atoms with van der Waals surface area (Å²) in [6.07, 6.45) is 2.08. The van der Waals surface area contributed by atoms with E-state index in [0.29, 0.717) is 0 Å². The van der Waals surface area contributed by atoms with E-state index in [1.807, 2.05) is 17.8 Å². The van der Waals surface area contributed by atoms with Gasteiger partial charge >= 0.3 is 0 Å². The van der Waals surface area contributed by atoms with Gasteiger partial charge in [-0.2, -0.15) is 11.8 Å². The van der Waals surface area contributed by atoms with Gasteiger partial charge in [-0.15, -0.1) is 11.8 Å². The van der Waals surface area contributed by atoms with Crippen LogP contribution in [-0.2, 0) is 12.3 Å². The molecule has 0 bridgehead atoms. The average Bonchev–Trinajstić information content (AvgIpc) is 2.88. The van der Waals surface area contributed by atoms with Crippen molar-refractivity contribution in [3.05, 3.63) is 54.0 Å². The van der Waals surface area contributed by atoms with Crippen molar-refractivity contribution in [3.8, 4) is 0 Å². The maximum atomic E-state index is 5.70. The number of rotatable bonds is 8. The lowest BCUT2D eigenvalue weighted by Crippen LogP contribution is -2.16. The van der Waals surface area contributed by atoms with E-state index in [1.165, 1.54) is 4.90 Å². The molecule has 1 aromatic carbocycles. The highest BCUT2D eigenvalue weighted by Gasteiger charge is 2.00. The van der Waals surface area contributed by atoms with Crippen molar-refractivity contribution in [1.82, 2.24) is 5.32 Å². The van der Waals surface area contributed by atoms with Crippen LogP contribution in [0.3, 0.4) is 0 Å². The van der Waals surface area contributed by atoms with Gasteiger partial charge in [0.2, 0.25) is 0 Å². The Morgan fingerprint density at radius 2 is 1.84 bits per heavy atom. The van der Waals surface area contributed by atoms with Crippen LogP contribution in [-0.4, -0.2) is 18.6 Å². The maximum Gasteiger partial charge on any atom is 0.118 e. The molecule has 0 saturated heterocycles. The fraction of sp³-hybridized carbons (Fsp3) is 0.333. The Balaban J connectivity index is 1.61. The van der Waals surface area contributed by atoms with Crippen molar-refractivity contribution in [2.24, 2.45) is 0 Å². The van der Waals surface area contributed by atoms with Gasteiger partial charge in [0.1, 0.15) is 11.5 Å². The average molecular weight is 293 g/mol. The predicted octanol–water partition coefficient (Wildman–Crippen LogP) is 4.02. The minimum Gasteiger partial charge on any atom is -0.464 e. The van der Waals surface area contributed by atoms with Crippen LogP contribution in [0.1, 0.15) is 11.5 Å². The molecule has 2 nitrogen and oxygen atoms in total. The van der Waals surface area contributed by atoms with Crippen LogP contribution < -0.4 is 5.32 Å². The molecule has 0 aliphatic carbocycles. The van der Waals surface area contributed by atoms with Gasteiger partial charge in [-0.25, -0.2) is 0 Å². The zero-order valence-corrected chi connectivity index (χ0v) is 12.7. The minimum atomic E-state index is 0.809. The molecule has 1 aromatic heterocycles. The smallest absolute Gasteiger partial charge is 0.118 e. The summed E-state index contributed by atoms with van der Waals surface area (Å²) in [6.45, 7) is 1.79. The van der Waals surface area contributed by atoms with E-state index >= 15 is 0 Å². The normalized spacial score (nSPS) is 10.8. The molecule has 0 aliphatic rings. The van der Waals surface area contributed by atoms with Gasteiger partial charge in [-0.05, 0) is 30.5 Å². The summed E-state index contributed by atoms with van der Waals surface area (Å²) in [5.74, 6) is 4.10. The van der Waals surface area contributed by atoms with Gasteiger partial charge in [0.05, 0.1) is 12.3 Å². The molecule has 1 N–H and O–H groups in total. The first-order valence-electron chi connectivity index (χ1n) is 6.33. The van der Waals surface area contributed by atoms with Gasteiger partial charge in [0.25, 0.3) is 0 Å². The quantitative estimate of drug-likeness (QED) is 0.587. The first-order valence-corrected chi connectivity index (χ1v) is 8.71. The Labute approximate surface area is 123 Å². The van der Waals surface area contributed by atoms with Crippen LogP contribution in [0.15, 0.2) is 51.8 Å². The molecule has 0 unspecified atom stereocenters. The summed E-state index contributed by atoms with van der Waals surface area (Å²) in [7, 11) is 0. The Morgan fingerprint density at radius 1 is 1.05 bits per heavy atom. The minimum absolute atomic E-state index is 0.809. The van der Waals surface area contributed by atoms with Gasteiger partial charge in [-0.3, -0.25) is 0 Å². The van der Waals surface area contributed by atoms with Crippen LogP contribution in [0.2, 0.25) is 0 Å². The van der Waals surface area contributed by atoms with E-state index in [2.05, 4.69) is 48.0 Å². The molecule has 0 amide bonds. The standard InChI is InChI=1S/C15H19NOS2/c1-18-12-14-8-7-13(17-14)11-16-9-10-19-15-5-3-2-4-6-15/h2-8,16H,9-12H2,1H3. The molecular formula is C15H19NOS2. The molecule has 0 radical (unpaired) electrons. The predicted molar refractivity (Wildman–Crippen MR) is 84.8 cm³/mol. The number of furan rings is 1. The highest BCUT2D eigenvalue weighted by Crippen LogP contribution is 2.16. The Kier molecular flexibility index (Phi) is 6.41. The number of benzene rings is 1. The first-order chi connectivity index (χ1) is 9.38. The van der Waals surface area contributed by atoms with Gasteiger partial charge in [0.15, 0.2) is 0 Å². The molecule has 4 heteroatoms. The third-order valence-corrected chi connectivity index (χ3v) is 4.18. The molecule has 19 heavy (non-hydrogen) atoms. The molecule has 0 aliphatic heterocycles. The Bertz CT molecular complexity index is 470. The van der Waals surface area contributed by atoms with E-state index in [0.717, 1.165) is 36.1 Å². The molecule has 0 fully saturated rings. The first kappa shape index (κ1) is 14.6. The van der Waals surface area contributed by atoms with Gasteiger partial charge < -0.3 is 9.73 Å². The summed E-state index contributed by atoms with van der Waals surface area (Å²) < 4.78 is 5.70. The summed E-state index contributed by atoms with van der Waals surface area (Å²) in [6, 6.07) is 14.6. The molecule has 1 heterocycles. The Hall–Kier alpha value is -0.840.